The molecule has 0 aromatic heterocycles. The van der Waals surface area contributed by atoms with Crippen LogP contribution in [-0.4, -0.2) is 30.1 Å². The van der Waals surface area contributed by atoms with Gasteiger partial charge in [-0.05, 0) is 20.8 Å². The van der Waals surface area contributed by atoms with Crippen molar-refractivity contribution < 1.29 is 14.4 Å². The number of carboxylic acid groups (broad SMARTS) is 1. The number of nitrogens with zero attached hydrogens (tertiary/aromatic N) is 2. The lowest BCUT2D eigenvalue weighted by Crippen LogP contribution is -2.46. The van der Waals surface area contributed by atoms with Gasteiger partial charge in [-0.3, -0.25) is 0 Å². The van der Waals surface area contributed by atoms with E-state index in [1.807, 2.05) is 0 Å². The first-order valence-corrected chi connectivity index (χ1v) is 6.99. The van der Waals surface area contributed by atoms with Crippen LogP contribution in [0.15, 0.2) is 30.3 Å². The fourth-order valence-electron chi connectivity index (χ4n) is 2.04. The molecule has 0 saturated heterocycles. The van der Waals surface area contributed by atoms with Gasteiger partial charge in [0.1, 0.15) is 6.54 Å². The topological polar surface area (TPSA) is 63.9 Å². The van der Waals surface area contributed by atoms with E-state index in [-0.39, 0.29) is 0 Å². The van der Waals surface area contributed by atoms with Crippen molar-refractivity contribution >= 4 is 5.97 Å². The highest BCUT2D eigenvalue weighted by Crippen LogP contribution is 2.13. The Bertz CT molecular complexity index is 412. The second-order valence-electron chi connectivity index (χ2n) is 4.64. The van der Waals surface area contributed by atoms with Crippen LogP contribution < -0.4 is 5.11 Å². The molecule has 1 aromatic carbocycles. The first kappa shape index (κ1) is 18.1. The molecular weight excluding hydrogens is 252 g/mol. The number of aliphatic carboxylic acids is 1. The van der Waals surface area contributed by atoms with Gasteiger partial charge >= 0.3 is 0 Å². The second-order valence-corrected chi connectivity index (χ2v) is 4.64. The number of quaternary nitrogens is 1. The van der Waals surface area contributed by atoms with Gasteiger partial charge in [0.2, 0.25) is 0 Å². The molecule has 1 aromatic rings. The van der Waals surface area contributed by atoms with E-state index >= 15 is 0 Å². The van der Waals surface area contributed by atoms with E-state index in [1.165, 1.54) is 42.3 Å². The molecule has 0 N–H and O–H groups in total. The van der Waals surface area contributed by atoms with Crippen LogP contribution in [0.4, 0.5) is 0 Å². The standard InChI is InChI=1S/C13H22N.C3H3NO2/c1-4-14(5-2,6-3)12-13-10-8-7-9-11-13;4-2-1-3(5)6/h7-11H,4-6,12H2,1-3H3;1H2,(H,5,6)/q+1;/p-1. The van der Waals surface area contributed by atoms with Crippen LogP contribution in [0.3, 0.4) is 0 Å². The quantitative estimate of drug-likeness (QED) is 0.743. The molecule has 4 nitrogen and oxygen atoms in total. The predicted octanol–water partition coefficient (Wildman–Crippen LogP) is 1.71. The van der Waals surface area contributed by atoms with Crippen molar-refractivity contribution in [2.24, 2.45) is 0 Å². The Morgan fingerprint density at radius 1 is 1.15 bits per heavy atom. The van der Waals surface area contributed by atoms with Crippen LogP contribution in [0, 0.1) is 11.3 Å². The molecule has 0 fully saturated rings. The third-order valence-corrected chi connectivity index (χ3v) is 3.60. The molecule has 0 aliphatic rings. The van der Waals surface area contributed by atoms with Gasteiger partial charge in [-0.15, -0.1) is 0 Å². The monoisotopic (exact) mass is 276 g/mol. The van der Waals surface area contributed by atoms with Crippen molar-refractivity contribution in [3.05, 3.63) is 35.9 Å². The molecule has 20 heavy (non-hydrogen) atoms. The molecule has 1 rings (SSSR count). The second kappa shape index (κ2) is 9.99. The van der Waals surface area contributed by atoms with Crippen LogP contribution in [0.2, 0.25) is 0 Å². The summed E-state index contributed by atoms with van der Waals surface area (Å²) < 4.78 is 1.20. The molecule has 0 amide bonds. The number of rotatable bonds is 6. The van der Waals surface area contributed by atoms with E-state index in [0.717, 1.165) is 0 Å². The third kappa shape index (κ3) is 6.91. The molecule has 0 bridgehead atoms. The Morgan fingerprint density at radius 3 is 1.95 bits per heavy atom. The normalized spacial score (nSPS) is 10.1. The molecule has 0 radical (unpaired) electrons. The van der Waals surface area contributed by atoms with E-state index in [2.05, 4.69) is 51.1 Å². The zero-order chi connectivity index (χ0) is 15.4. The lowest BCUT2D eigenvalue weighted by molar-refractivity contribution is -0.936. The first-order valence-electron chi connectivity index (χ1n) is 6.99. The van der Waals surface area contributed by atoms with Crippen molar-refractivity contribution in [1.82, 2.24) is 0 Å². The maximum absolute atomic E-state index is 9.27. The fourth-order valence-corrected chi connectivity index (χ4v) is 2.04. The molecule has 0 atom stereocenters. The molecule has 0 aliphatic carbocycles. The van der Waals surface area contributed by atoms with Crippen molar-refractivity contribution in [3.8, 4) is 6.07 Å². The molecule has 110 valence electrons. The molecule has 0 heterocycles. The zero-order valence-electron chi connectivity index (χ0n) is 12.6. The van der Waals surface area contributed by atoms with E-state index in [9.17, 15) is 9.90 Å². The third-order valence-electron chi connectivity index (χ3n) is 3.60. The largest absolute Gasteiger partial charge is 0.549 e. The molecule has 0 saturated carbocycles. The van der Waals surface area contributed by atoms with Gasteiger partial charge in [0.15, 0.2) is 0 Å². The SMILES string of the molecule is CC[N+](CC)(CC)Cc1ccccc1.N#CCC(=O)[O-]. The highest BCUT2D eigenvalue weighted by atomic mass is 16.4. The minimum absolute atomic E-state index is 0.514. The average molecular weight is 276 g/mol. The van der Waals surface area contributed by atoms with Gasteiger partial charge in [-0.25, -0.2) is 0 Å². The Hall–Kier alpha value is -1.86. The van der Waals surface area contributed by atoms with E-state index in [1.54, 1.807) is 0 Å². The van der Waals surface area contributed by atoms with Crippen LogP contribution in [0.1, 0.15) is 32.8 Å². The average Bonchev–Trinajstić information content (AvgIpc) is 2.46. The Kier molecular flexibility index (Phi) is 9.06. The van der Waals surface area contributed by atoms with Gasteiger partial charge in [0.05, 0.1) is 38.1 Å². The number of nitriles is 1. The summed E-state index contributed by atoms with van der Waals surface area (Å²) in [5.41, 5.74) is 1.46. The maximum Gasteiger partial charge on any atom is 0.104 e. The van der Waals surface area contributed by atoms with Crippen LogP contribution in [0.5, 0.6) is 0 Å². The summed E-state index contributed by atoms with van der Waals surface area (Å²) >= 11 is 0. The predicted molar refractivity (Wildman–Crippen MR) is 77.3 cm³/mol. The fraction of sp³-hybridized carbons (Fsp3) is 0.500. The molecule has 0 spiro atoms. The van der Waals surface area contributed by atoms with Gasteiger partial charge in [0.25, 0.3) is 0 Å². The molecule has 0 aliphatic heterocycles. The van der Waals surface area contributed by atoms with Crippen LogP contribution in [0.25, 0.3) is 0 Å². The first-order chi connectivity index (χ1) is 9.53. The van der Waals surface area contributed by atoms with Crippen molar-refractivity contribution in [2.45, 2.75) is 33.7 Å². The lowest BCUT2D eigenvalue weighted by Gasteiger charge is -2.35. The van der Waals surface area contributed by atoms with Gasteiger partial charge in [0, 0.05) is 5.56 Å². The molecule has 4 heteroatoms. The van der Waals surface area contributed by atoms with Gasteiger partial charge in [-0.2, -0.15) is 5.26 Å². The number of benzene rings is 1. The Labute approximate surface area is 121 Å². The Balaban J connectivity index is 0.000000511. The van der Waals surface area contributed by atoms with Crippen LogP contribution in [-0.2, 0) is 11.3 Å². The maximum atomic E-state index is 9.27. The van der Waals surface area contributed by atoms with E-state index in [4.69, 9.17) is 5.26 Å². The van der Waals surface area contributed by atoms with Crippen molar-refractivity contribution in [1.29, 1.82) is 5.26 Å². The van der Waals surface area contributed by atoms with Gasteiger partial charge in [-0.1, -0.05) is 30.3 Å². The van der Waals surface area contributed by atoms with Crippen molar-refractivity contribution in [2.75, 3.05) is 19.6 Å². The van der Waals surface area contributed by atoms with Crippen molar-refractivity contribution in [3.63, 3.8) is 0 Å². The summed E-state index contributed by atoms with van der Waals surface area (Å²) in [5, 5.41) is 16.8. The molecule has 0 unspecified atom stereocenters. The zero-order valence-corrected chi connectivity index (χ0v) is 12.6. The minimum atomic E-state index is -1.32. The van der Waals surface area contributed by atoms with E-state index in [0.29, 0.717) is 0 Å². The number of carbonyl (C=O) groups excluding carboxylic acids is 1. The lowest BCUT2D eigenvalue weighted by atomic mass is 10.2. The number of carbonyl (C=O) groups is 1. The molecular formula is C16H24N2O2. The summed E-state index contributed by atoms with van der Waals surface area (Å²) in [4.78, 5) is 9.27. The smallest absolute Gasteiger partial charge is 0.104 e. The summed E-state index contributed by atoms with van der Waals surface area (Å²) in [5.74, 6) is -1.32. The number of carboxylic acids is 1. The summed E-state index contributed by atoms with van der Waals surface area (Å²) in [6, 6.07) is 12.2. The summed E-state index contributed by atoms with van der Waals surface area (Å²) in [6.45, 7) is 11.7. The Morgan fingerprint density at radius 2 is 1.65 bits per heavy atom. The number of hydrogen-bond acceptors (Lipinski definition) is 3. The highest BCUT2D eigenvalue weighted by Gasteiger charge is 2.20. The summed E-state index contributed by atoms with van der Waals surface area (Å²) in [6.07, 6.45) is -0.514. The van der Waals surface area contributed by atoms with Crippen LogP contribution >= 0.6 is 0 Å². The van der Waals surface area contributed by atoms with E-state index < -0.39 is 12.4 Å². The van der Waals surface area contributed by atoms with Gasteiger partial charge < -0.3 is 14.4 Å². The highest BCUT2D eigenvalue weighted by molar-refractivity contribution is 5.66. The number of hydrogen-bond donors (Lipinski definition) is 0. The summed E-state index contributed by atoms with van der Waals surface area (Å²) in [7, 11) is 0. The minimum Gasteiger partial charge on any atom is -0.549 e.